The SMILES string of the molecule is O=C(O)Cc1ccc(CNC2CCCCCC2)cc1. The first-order valence-corrected chi connectivity index (χ1v) is 7.27. The molecule has 3 nitrogen and oxygen atoms in total. The number of aliphatic carboxylic acids is 1. The average Bonchev–Trinajstić information content (AvgIpc) is 2.66. The zero-order valence-electron chi connectivity index (χ0n) is 11.4. The molecule has 0 atom stereocenters. The van der Waals surface area contributed by atoms with Crippen LogP contribution in [0.5, 0.6) is 0 Å². The van der Waals surface area contributed by atoms with Crippen LogP contribution in [0.2, 0.25) is 0 Å². The molecule has 0 amide bonds. The highest BCUT2D eigenvalue weighted by atomic mass is 16.4. The maximum absolute atomic E-state index is 10.6. The second kappa shape index (κ2) is 7.29. The number of carbonyl (C=O) groups is 1. The molecule has 3 heteroatoms. The number of hydrogen-bond acceptors (Lipinski definition) is 2. The van der Waals surface area contributed by atoms with Crippen molar-refractivity contribution in [1.82, 2.24) is 5.32 Å². The molecule has 1 fully saturated rings. The molecule has 1 aromatic rings. The van der Waals surface area contributed by atoms with E-state index in [1.807, 2.05) is 24.3 Å². The number of carboxylic acid groups (broad SMARTS) is 1. The fraction of sp³-hybridized carbons (Fsp3) is 0.562. The quantitative estimate of drug-likeness (QED) is 0.801. The lowest BCUT2D eigenvalue weighted by atomic mass is 10.1. The van der Waals surface area contributed by atoms with Gasteiger partial charge in [-0.25, -0.2) is 0 Å². The Balaban J connectivity index is 1.80. The van der Waals surface area contributed by atoms with Gasteiger partial charge in [-0.1, -0.05) is 49.9 Å². The maximum Gasteiger partial charge on any atom is 0.307 e. The lowest BCUT2D eigenvalue weighted by Gasteiger charge is -2.16. The maximum atomic E-state index is 10.6. The fourth-order valence-electron chi connectivity index (χ4n) is 2.70. The van der Waals surface area contributed by atoms with E-state index in [0.29, 0.717) is 6.04 Å². The van der Waals surface area contributed by atoms with Gasteiger partial charge in [-0.15, -0.1) is 0 Å². The Bertz CT molecular complexity index is 392. The first-order valence-electron chi connectivity index (χ1n) is 7.27. The average molecular weight is 261 g/mol. The number of benzene rings is 1. The van der Waals surface area contributed by atoms with Crippen LogP contribution in [-0.2, 0) is 17.8 Å². The molecule has 1 aliphatic rings. The van der Waals surface area contributed by atoms with Gasteiger partial charge in [0, 0.05) is 12.6 Å². The monoisotopic (exact) mass is 261 g/mol. The standard InChI is InChI=1S/C16H23NO2/c18-16(19)11-13-7-9-14(10-8-13)12-17-15-5-3-1-2-4-6-15/h7-10,15,17H,1-6,11-12H2,(H,18,19). The third kappa shape index (κ3) is 5.03. The summed E-state index contributed by atoms with van der Waals surface area (Å²) in [7, 11) is 0. The zero-order valence-corrected chi connectivity index (χ0v) is 11.4. The number of nitrogens with one attached hydrogen (secondary N) is 1. The summed E-state index contributed by atoms with van der Waals surface area (Å²) in [6, 6.07) is 8.54. The summed E-state index contributed by atoms with van der Waals surface area (Å²) in [5, 5.41) is 12.3. The summed E-state index contributed by atoms with van der Waals surface area (Å²) in [6.45, 7) is 0.887. The van der Waals surface area contributed by atoms with Gasteiger partial charge >= 0.3 is 5.97 Å². The predicted octanol–water partition coefficient (Wildman–Crippen LogP) is 3.13. The molecule has 0 spiro atoms. The molecule has 19 heavy (non-hydrogen) atoms. The third-order valence-corrected chi connectivity index (χ3v) is 3.83. The van der Waals surface area contributed by atoms with E-state index < -0.39 is 5.97 Å². The lowest BCUT2D eigenvalue weighted by molar-refractivity contribution is -0.136. The Morgan fingerprint density at radius 1 is 1.05 bits per heavy atom. The Hall–Kier alpha value is -1.35. The number of carboxylic acids is 1. The van der Waals surface area contributed by atoms with Crippen LogP contribution in [0.15, 0.2) is 24.3 Å². The van der Waals surface area contributed by atoms with Crippen molar-refractivity contribution in [3.05, 3.63) is 35.4 Å². The van der Waals surface area contributed by atoms with Gasteiger partial charge in [0.15, 0.2) is 0 Å². The molecular formula is C16H23NO2. The summed E-state index contributed by atoms with van der Waals surface area (Å²) >= 11 is 0. The summed E-state index contributed by atoms with van der Waals surface area (Å²) in [5.41, 5.74) is 2.10. The van der Waals surface area contributed by atoms with Gasteiger partial charge < -0.3 is 10.4 Å². The van der Waals surface area contributed by atoms with Crippen LogP contribution >= 0.6 is 0 Å². The normalized spacial score (nSPS) is 17.1. The second-order valence-corrected chi connectivity index (χ2v) is 5.46. The first kappa shape index (κ1) is 14.1. The van der Waals surface area contributed by atoms with E-state index in [1.54, 1.807) is 0 Å². The second-order valence-electron chi connectivity index (χ2n) is 5.46. The van der Waals surface area contributed by atoms with Gasteiger partial charge in [-0.05, 0) is 24.0 Å². The Morgan fingerprint density at radius 3 is 2.21 bits per heavy atom. The molecule has 104 valence electrons. The van der Waals surface area contributed by atoms with E-state index in [9.17, 15) is 4.79 Å². The van der Waals surface area contributed by atoms with Crippen LogP contribution in [0, 0.1) is 0 Å². The predicted molar refractivity (Wildman–Crippen MR) is 76.1 cm³/mol. The third-order valence-electron chi connectivity index (χ3n) is 3.83. The molecule has 0 saturated heterocycles. The Labute approximate surface area is 115 Å². The van der Waals surface area contributed by atoms with Crippen molar-refractivity contribution in [1.29, 1.82) is 0 Å². The van der Waals surface area contributed by atoms with Crippen molar-refractivity contribution in [2.24, 2.45) is 0 Å². The molecule has 1 aliphatic carbocycles. The van der Waals surface area contributed by atoms with E-state index in [2.05, 4.69) is 5.32 Å². The largest absolute Gasteiger partial charge is 0.481 e. The van der Waals surface area contributed by atoms with E-state index in [4.69, 9.17) is 5.11 Å². The van der Waals surface area contributed by atoms with Crippen LogP contribution in [0.4, 0.5) is 0 Å². The summed E-state index contributed by atoms with van der Waals surface area (Å²) in [5.74, 6) is -0.774. The molecule has 0 heterocycles. The Kier molecular flexibility index (Phi) is 5.40. The molecule has 0 bridgehead atoms. The van der Waals surface area contributed by atoms with Gasteiger partial charge in [-0.3, -0.25) is 4.79 Å². The summed E-state index contributed by atoms with van der Waals surface area (Å²) < 4.78 is 0. The summed E-state index contributed by atoms with van der Waals surface area (Å²) in [6.07, 6.45) is 8.12. The molecule has 0 aromatic heterocycles. The fourth-order valence-corrected chi connectivity index (χ4v) is 2.70. The molecule has 1 aromatic carbocycles. The van der Waals surface area contributed by atoms with Crippen molar-refractivity contribution >= 4 is 5.97 Å². The van der Waals surface area contributed by atoms with Crippen LogP contribution in [0.1, 0.15) is 49.7 Å². The minimum Gasteiger partial charge on any atom is -0.481 e. The highest BCUT2D eigenvalue weighted by Crippen LogP contribution is 2.17. The highest BCUT2D eigenvalue weighted by molar-refractivity contribution is 5.70. The van der Waals surface area contributed by atoms with Crippen molar-refractivity contribution in [2.45, 2.75) is 57.5 Å². The molecule has 2 N–H and O–H groups in total. The highest BCUT2D eigenvalue weighted by Gasteiger charge is 2.11. The van der Waals surface area contributed by atoms with Crippen LogP contribution in [-0.4, -0.2) is 17.1 Å². The van der Waals surface area contributed by atoms with Crippen LogP contribution < -0.4 is 5.32 Å². The number of hydrogen-bond donors (Lipinski definition) is 2. The summed E-state index contributed by atoms with van der Waals surface area (Å²) in [4.78, 5) is 10.6. The van der Waals surface area contributed by atoms with Crippen molar-refractivity contribution in [3.8, 4) is 0 Å². The Morgan fingerprint density at radius 2 is 1.63 bits per heavy atom. The molecule has 2 rings (SSSR count). The van der Waals surface area contributed by atoms with Gasteiger partial charge in [0.05, 0.1) is 6.42 Å². The number of rotatable bonds is 5. The van der Waals surface area contributed by atoms with E-state index >= 15 is 0 Å². The van der Waals surface area contributed by atoms with Crippen molar-refractivity contribution < 1.29 is 9.90 Å². The molecule has 0 aliphatic heterocycles. The van der Waals surface area contributed by atoms with E-state index in [-0.39, 0.29) is 6.42 Å². The molecule has 0 radical (unpaired) electrons. The van der Waals surface area contributed by atoms with Gasteiger partial charge in [-0.2, -0.15) is 0 Å². The smallest absolute Gasteiger partial charge is 0.307 e. The van der Waals surface area contributed by atoms with Gasteiger partial charge in [0.1, 0.15) is 0 Å². The minimum atomic E-state index is -0.774. The minimum absolute atomic E-state index is 0.107. The molecule has 0 unspecified atom stereocenters. The van der Waals surface area contributed by atoms with Crippen molar-refractivity contribution in [2.75, 3.05) is 0 Å². The van der Waals surface area contributed by atoms with Gasteiger partial charge in [0.2, 0.25) is 0 Å². The first-order chi connectivity index (χ1) is 9.24. The van der Waals surface area contributed by atoms with E-state index in [1.165, 1.54) is 44.1 Å². The molecule has 1 saturated carbocycles. The van der Waals surface area contributed by atoms with Crippen LogP contribution in [0.3, 0.4) is 0 Å². The molecular weight excluding hydrogens is 238 g/mol. The zero-order chi connectivity index (χ0) is 13.5. The van der Waals surface area contributed by atoms with Crippen LogP contribution in [0.25, 0.3) is 0 Å². The van der Waals surface area contributed by atoms with E-state index in [0.717, 1.165) is 12.1 Å². The van der Waals surface area contributed by atoms with Gasteiger partial charge in [0.25, 0.3) is 0 Å². The lowest BCUT2D eigenvalue weighted by Crippen LogP contribution is -2.27. The van der Waals surface area contributed by atoms with Crippen molar-refractivity contribution in [3.63, 3.8) is 0 Å². The topological polar surface area (TPSA) is 49.3 Å².